The van der Waals surface area contributed by atoms with Crippen LogP contribution in [-0.2, 0) is 4.84 Å². The lowest BCUT2D eigenvalue weighted by Crippen LogP contribution is -2.20. The number of hydrogen-bond donors (Lipinski definition) is 0. The van der Waals surface area contributed by atoms with E-state index in [1.165, 1.54) is 14.1 Å². The third-order valence-corrected chi connectivity index (χ3v) is 0.679. The molecule has 0 aromatic carbocycles. The molecule has 56 valence electrons. The van der Waals surface area contributed by atoms with Gasteiger partial charge in [0.25, 0.3) is 0 Å². The fraction of sp³-hybridized carbons (Fsp3) is 1.00. The van der Waals surface area contributed by atoms with Gasteiger partial charge in [0.1, 0.15) is 0 Å². The Kier molecular flexibility index (Phi) is 4.55. The molecule has 5 heteroatoms. The quantitative estimate of drug-likeness (QED) is 0.497. The molecule has 0 saturated carbocycles. The molecule has 0 heterocycles. The van der Waals surface area contributed by atoms with Gasteiger partial charge >= 0.3 is 0 Å². The van der Waals surface area contributed by atoms with Crippen molar-refractivity contribution in [1.29, 1.82) is 0 Å². The molecule has 5 nitrogen and oxygen atoms in total. The lowest BCUT2D eigenvalue weighted by molar-refractivity contribution is -0.102. The summed E-state index contributed by atoms with van der Waals surface area (Å²) >= 11 is 0. The van der Waals surface area contributed by atoms with Gasteiger partial charge in [-0.2, -0.15) is 0 Å². The summed E-state index contributed by atoms with van der Waals surface area (Å²) in [4.78, 5) is 4.39. The van der Waals surface area contributed by atoms with E-state index in [1.807, 2.05) is 0 Å². The minimum absolute atomic E-state index is 0.139. The van der Waals surface area contributed by atoms with E-state index in [0.717, 1.165) is 0 Å². The van der Waals surface area contributed by atoms with Crippen molar-refractivity contribution in [2.24, 2.45) is 0 Å². The summed E-state index contributed by atoms with van der Waals surface area (Å²) < 4.78 is 0. The van der Waals surface area contributed by atoms with E-state index in [1.54, 1.807) is 0 Å². The zero-order valence-corrected chi connectivity index (χ0v) is 5.53. The van der Waals surface area contributed by atoms with Gasteiger partial charge in [-0.05, 0) is 14.1 Å². The van der Waals surface area contributed by atoms with Gasteiger partial charge in [0.2, 0.25) is 0 Å². The fourth-order valence-corrected chi connectivity index (χ4v) is 0.298. The molecule has 0 N–H and O–H groups in total. The van der Waals surface area contributed by atoms with Crippen LogP contribution in [-0.4, -0.2) is 37.5 Å². The molecule has 0 fully saturated rings. The van der Waals surface area contributed by atoms with Crippen molar-refractivity contribution < 1.29 is 4.84 Å². The van der Waals surface area contributed by atoms with Gasteiger partial charge in [-0.3, -0.25) is 5.23 Å². The average Bonchev–Trinajstić information content (AvgIpc) is 1.63. The molecule has 0 aliphatic heterocycles. The number of rotatable bonds is 4. The van der Waals surface area contributed by atoms with Crippen molar-refractivity contribution in [3.05, 3.63) is 10.4 Å². The average molecular weight is 134 g/mol. The maximum Gasteiger partial charge on any atom is 0.0790 e. The first-order chi connectivity index (χ1) is 4.13. The Morgan fingerprint density at radius 1 is 1.33 bits per heavy atom. The number of nitrogens with zero attached hydrogens (tertiary/aromatic N) is 2. The monoisotopic (exact) mass is 134 g/mol. The minimum Gasteiger partial charge on any atom is -0.785 e. The van der Waals surface area contributed by atoms with Crippen LogP contribution in [0.25, 0.3) is 0 Å². The van der Waals surface area contributed by atoms with Crippen molar-refractivity contribution in [1.82, 2.24) is 10.3 Å². The van der Waals surface area contributed by atoms with E-state index in [-0.39, 0.29) is 13.2 Å². The van der Waals surface area contributed by atoms with Gasteiger partial charge in [0, 0.05) is 6.54 Å². The first-order valence-electron chi connectivity index (χ1n) is 2.55. The van der Waals surface area contributed by atoms with Crippen LogP contribution < -0.4 is 0 Å². The molecule has 9 heavy (non-hydrogen) atoms. The van der Waals surface area contributed by atoms with Gasteiger partial charge in [-0.25, -0.2) is 0 Å². The predicted molar refractivity (Wildman–Crippen MR) is 33.1 cm³/mol. The van der Waals surface area contributed by atoms with Gasteiger partial charge in [0.05, 0.1) is 6.61 Å². The van der Waals surface area contributed by atoms with Crippen LogP contribution in [0.1, 0.15) is 0 Å². The maximum absolute atomic E-state index is 10.1. The molecule has 0 spiro atoms. The topological polar surface area (TPSA) is 61.8 Å². The molecule has 0 saturated heterocycles. The van der Waals surface area contributed by atoms with Crippen LogP contribution in [0.4, 0.5) is 0 Å². The molecule has 0 aliphatic carbocycles. The Labute approximate surface area is 53.9 Å². The van der Waals surface area contributed by atoms with E-state index in [2.05, 4.69) is 4.84 Å². The van der Waals surface area contributed by atoms with Crippen molar-refractivity contribution >= 4 is 0 Å². The Morgan fingerprint density at radius 3 is 2.22 bits per heavy atom. The van der Waals surface area contributed by atoms with Gasteiger partial charge in [-0.15, -0.1) is 0 Å². The zero-order chi connectivity index (χ0) is 7.28. The van der Waals surface area contributed by atoms with Crippen LogP contribution in [0.5, 0.6) is 0 Å². The van der Waals surface area contributed by atoms with E-state index < -0.39 is 0 Å². The predicted octanol–water partition coefficient (Wildman–Crippen LogP) is -0.223. The molecule has 0 unspecified atom stereocenters. The highest BCUT2D eigenvalue weighted by Gasteiger charge is 1.83. The molecular formula is C4H10N2O3-2. The maximum atomic E-state index is 10.1. The number of hydrogen-bond acceptors (Lipinski definition) is 5. The molecule has 0 aliphatic rings. The van der Waals surface area contributed by atoms with Crippen molar-refractivity contribution in [3.63, 3.8) is 0 Å². The Balaban J connectivity index is 2.91. The summed E-state index contributed by atoms with van der Waals surface area (Å²) in [7, 11) is 2.60. The van der Waals surface area contributed by atoms with Gasteiger partial charge in [-0.1, -0.05) is 0 Å². The van der Waals surface area contributed by atoms with E-state index in [0.29, 0.717) is 10.3 Å². The highest BCUT2D eigenvalue weighted by atomic mass is 16.9. The Morgan fingerprint density at radius 2 is 1.89 bits per heavy atom. The van der Waals surface area contributed by atoms with Crippen molar-refractivity contribution in [3.8, 4) is 0 Å². The second-order valence-corrected chi connectivity index (χ2v) is 1.62. The second-order valence-electron chi connectivity index (χ2n) is 1.62. The van der Waals surface area contributed by atoms with Crippen molar-refractivity contribution in [2.75, 3.05) is 27.2 Å². The summed E-state index contributed by atoms with van der Waals surface area (Å²) in [6.45, 7) is 0.354. The van der Waals surface area contributed by atoms with Crippen LogP contribution in [0.15, 0.2) is 0 Å². The van der Waals surface area contributed by atoms with Gasteiger partial charge < -0.3 is 20.3 Å². The molecule has 0 amide bonds. The summed E-state index contributed by atoms with van der Waals surface area (Å²) in [5.74, 6) is 0. The summed E-state index contributed by atoms with van der Waals surface area (Å²) in [6.07, 6.45) is 0. The third-order valence-electron chi connectivity index (χ3n) is 0.679. The van der Waals surface area contributed by atoms with E-state index >= 15 is 0 Å². The van der Waals surface area contributed by atoms with E-state index in [9.17, 15) is 10.4 Å². The molecule has 0 bridgehead atoms. The molecule has 0 rings (SSSR count). The Bertz CT molecular complexity index is 58.8. The lowest BCUT2D eigenvalue weighted by Gasteiger charge is -2.25. The SMILES string of the molecule is CN([O-])CCON(C)[O-]. The molecule has 0 atom stereocenters. The summed E-state index contributed by atoms with van der Waals surface area (Å²) in [6, 6.07) is 0. The molecule has 0 radical (unpaired) electrons. The van der Waals surface area contributed by atoms with Crippen LogP contribution in [0.2, 0.25) is 0 Å². The van der Waals surface area contributed by atoms with Crippen molar-refractivity contribution in [2.45, 2.75) is 0 Å². The van der Waals surface area contributed by atoms with Crippen LogP contribution in [0.3, 0.4) is 0 Å². The first-order valence-corrected chi connectivity index (χ1v) is 2.55. The van der Waals surface area contributed by atoms with Crippen LogP contribution >= 0.6 is 0 Å². The largest absolute Gasteiger partial charge is 0.785 e. The highest BCUT2D eigenvalue weighted by Crippen LogP contribution is 1.81. The molecule has 0 aromatic rings. The van der Waals surface area contributed by atoms with E-state index in [4.69, 9.17) is 0 Å². The second kappa shape index (κ2) is 4.66. The standard InChI is InChI=1S/C4H10N2O3/c1-5(7)3-4-9-6(2)8/h3-4H2,1-2H3/q-2. The normalized spacial score (nSPS) is 11.3. The first kappa shape index (κ1) is 8.80. The smallest absolute Gasteiger partial charge is 0.0790 e. The van der Waals surface area contributed by atoms with Gasteiger partial charge in [0.15, 0.2) is 0 Å². The summed E-state index contributed by atoms with van der Waals surface area (Å²) in [5.41, 5.74) is 0. The van der Waals surface area contributed by atoms with Crippen LogP contribution in [0, 0.1) is 10.4 Å². The molecule has 0 aromatic heterocycles. The lowest BCUT2D eigenvalue weighted by atomic mass is 10.7. The Hall–Kier alpha value is -0.200. The zero-order valence-electron chi connectivity index (χ0n) is 5.53. The fourth-order valence-electron chi connectivity index (χ4n) is 0.298. The third kappa shape index (κ3) is 7.80. The highest BCUT2D eigenvalue weighted by molar-refractivity contribution is 4.45. The minimum atomic E-state index is 0.139. The summed E-state index contributed by atoms with van der Waals surface area (Å²) in [5, 5.41) is 21.2. The number of hydroxylamine groups is 4. The molecular weight excluding hydrogens is 124 g/mol. The number of likely N-dealkylation sites (N-methyl/N-ethyl adjacent to an activating group) is 1.